The van der Waals surface area contributed by atoms with Gasteiger partial charge in [0.1, 0.15) is 0 Å². The van der Waals surface area contributed by atoms with Crippen LogP contribution >= 0.6 is 11.6 Å². The van der Waals surface area contributed by atoms with Gasteiger partial charge in [0.25, 0.3) is 0 Å². The van der Waals surface area contributed by atoms with Crippen molar-refractivity contribution in [1.29, 1.82) is 0 Å². The first-order valence-electron chi connectivity index (χ1n) is 6.12. The van der Waals surface area contributed by atoms with Crippen LogP contribution < -0.4 is 14.8 Å². The Bertz CT molecular complexity index is 394. The predicted molar refractivity (Wildman–Crippen MR) is 75.7 cm³/mol. The van der Waals surface area contributed by atoms with Crippen molar-refractivity contribution < 1.29 is 9.47 Å². The molecule has 100 valence electrons. The smallest absolute Gasteiger partial charge is 0.179 e. The van der Waals surface area contributed by atoms with E-state index in [9.17, 15) is 0 Å². The average molecular weight is 270 g/mol. The first kappa shape index (κ1) is 14.9. The van der Waals surface area contributed by atoms with Crippen LogP contribution in [0, 0.1) is 0 Å². The molecule has 0 saturated carbocycles. The Morgan fingerprint density at radius 1 is 1.28 bits per heavy atom. The Hall–Kier alpha value is -1.19. The molecule has 3 nitrogen and oxygen atoms in total. The lowest BCUT2D eigenvalue weighted by Gasteiger charge is -2.14. The Balaban J connectivity index is 2.91. The van der Waals surface area contributed by atoms with Gasteiger partial charge in [-0.05, 0) is 31.5 Å². The lowest BCUT2D eigenvalue weighted by molar-refractivity contribution is 0.287. The van der Waals surface area contributed by atoms with E-state index in [0.717, 1.165) is 18.7 Å². The van der Waals surface area contributed by atoms with Crippen LogP contribution in [0.5, 0.6) is 11.5 Å². The maximum atomic E-state index is 6.21. The molecule has 0 amide bonds. The van der Waals surface area contributed by atoms with Gasteiger partial charge in [0.2, 0.25) is 0 Å². The van der Waals surface area contributed by atoms with Gasteiger partial charge in [-0.3, -0.25) is 0 Å². The second-order valence-electron chi connectivity index (χ2n) is 3.69. The molecule has 0 fully saturated rings. The summed E-state index contributed by atoms with van der Waals surface area (Å²) in [7, 11) is 0. The van der Waals surface area contributed by atoms with Crippen molar-refractivity contribution in [3.63, 3.8) is 0 Å². The average Bonchev–Trinajstić information content (AvgIpc) is 2.34. The summed E-state index contributed by atoms with van der Waals surface area (Å²) in [5.74, 6) is 1.32. The molecule has 0 heterocycles. The van der Waals surface area contributed by atoms with E-state index in [-0.39, 0.29) is 0 Å². The summed E-state index contributed by atoms with van der Waals surface area (Å²) in [6.07, 6.45) is 1.82. The molecule has 0 aliphatic rings. The van der Waals surface area contributed by atoms with Crippen LogP contribution in [0.25, 0.3) is 0 Å². The Morgan fingerprint density at radius 3 is 2.61 bits per heavy atom. The molecule has 0 unspecified atom stereocenters. The summed E-state index contributed by atoms with van der Waals surface area (Å²) in [5, 5.41) is 3.81. The Morgan fingerprint density at radius 2 is 2.00 bits per heavy atom. The van der Waals surface area contributed by atoms with Crippen molar-refractivity contribution in [2.24, 2.45) is 0 Å². The molecular weight excluding hydrogens is 250 g/mol. The maximum absolute atomic E-state index is 6.21. The van der Waals surface area contributed by atoms with Gasteiger partial charge in [-0.1, -0.05) is 17.7 Å². The van der Waals surface area contributed by atoms with E-state index >= 15 is 0 Å². The molecule has 1 rings (SSSR count). The highest BCUT2D eigenvalue weighted by Gasteiger charge is 2.11. The third kappa shape index (κ3) is 4.24. The Labute approximate surface area is 114 Å². The van der Waals surface area contributed by atoms with Crippen LogP contribution in [0.2, 0.25) is 5.02 Å². The van der Waals surface area contributed by atoms with Crippen LogP contribution in [0.15, 0.2) is 24.8 Å². The highest BCUT2D eigenvalue weighted by Crippen LogP contribution is 2.36. The maximum Gasteiger partial charge on any atom is 0.179 e. The largest absolute Gasteiger partial charge is 0.490 e. The second kappa shape index (κ2) is 8.01. The summed E-state index contributed by atoms with van der Waals surface area (Å²) in [4.78, 5) is 0. The minimum absolute atomic E-state index is 0.563. The predicted octanol–water partition coefficient (Wildman–Crippen LogP) is 3.41. The SMILES string of the molecule is C=CCNCc1cc(Cl)c(OCC)c(OCC)c1. The van der Waals surface area contributed by atoms with E-state index in [1.807, 2.05) is 32.1 Å². The van der Waals surface area contributed by atoms with Gasteiger partial charge in [-0.15, -0.1) is 6.58 Å². The van der Waals surface area contributed by atoms with E-state index < -0.39 is 0 Å². The number of ether oxygens (including phenoxy) is 2. The summed E-state index contributed by atoms with van der Waals surface area (Å²) < 4.78 is 11.1. The van der Waals surface area contributed by atoms with Crippen molar-refractivity contribution in [2.75, 3.05) is 19.8 Å². The molecule has 0 bridgehead atoms. The van der Waals surface area contributed by atoms with Crippen LogP contribution in [0.1, 0.15) is 19.4 Å². The molecule has 0 radical (unpaired) electrons. The molecule has 0 atom stereocenters. The summed E-state index contributed by atoms with van der Waals surface area (Å²) in [5.41, 5.74) is 1.06. The van der Waals surface area contributed by atoms with E-state index in [1.165, 1.54) is 0 Å². The zero-order valence-electron chi connectivity index (χ0n) is 11.0. The van der Waals surface area contributed by atoms with Gasteiger partial charge >= 0.3 is 0 Å². The second-order valence-corrected chi connectivity index (χ2v) is 4.10. The lowest BCUT2D eigenvalue weighted by Crippen LogP contribution is -2.13. The first-order chi connectivity index (χ1) is 8.72. The molecule has 1 aromatic rings. The highest BCUT2D eigenvalue weighted by molar-refractivity contribution is 6.32. The number of nitrogens with one attached hydrogen (secondary N) is 1. The molecule has 1 N–H and O–H groups in total. The standard InChI is InChI=1S/C14H20ClNO2/c1-4-7-16-10-11-8-12(15)14(18-6-3)13(9-11)17-5-2/h4,8-9,16H,1,5-7,10H2,2-3H3. The molecule has 4 heteroatoms. The van der Waals surface area contributed by atoms with Crippen molar-refractivity contribution in [3.05, 3.63) is 35.4 Å². The number of rotatable bonds is 8. The zero-order valence-corrected chi connectivity index (χ0v) is 11.7. The summed E-state index contributed by atoms with van der Waals surface area (Å²) in [6.45, 7) is 10.1. The zero-order chi connectivity index (χ0) is 13.4. The molecule has 0 aliphatic heterocycles. The fraction of sp³-hybridized carbons (Fsp3) is 0.429. The quantitative estimate of drug-likeness (QED) is 0.579. The van der Waals surface area contributed by atoms with Gasteiger partial charge < -0.3 is 14.8 Å². The number of benzene rings is 1. The van der Waals surface area contributed by atoms with Gasteiger partial charge in [-0.2, -0.15) is 0 Å². The molecular formula is C14H20ClNO2. The van der Waals surface area contributed by atoms with Crippen LogP contribution in [0.4, 0.5) is 0 Å². The van der Waals surface area contributed by atoms with Crippen LogP contribution in [-0.4, -0.2) is 19.8 Å². The monoisotopic (exact) mass is 269 g/mol. The third-order valence-electron chi connectivity index (χ3n) is 2.28. The van der Waals surface area contributed by atoms with Gasteiger partial charge in [0, 0.05) is 13.1 Å². The van der Waals surface area contributed by atoms with Crippen molar-refractivity contribution in [2.45, 2.75) is 20.4 Å². The normalized spacial score (nSPS) is 10.2. The van der Waals surface area contributed by atoms with Gasteiger partial charge in [0.05, 0.1) is 18.2 Å². The first-order valence-corrected chi connectivity index (χ1v) is 6.50. The third-order valence-corrected chi connectivity index (χ3v) is 2.56. The van der Waals surface area contributed by atoms with Gasteiger partial charge in [0.15, 0.2) is 11.5 Å². The fourth-order valence-corrected chi connectivity index (χ4v) is 1.88. The molecule has 0 spiro atoms. The minimum Gasteiger partial charge on any atom is -0.490 e. The molecule has 18 heavy (non-hydrogen) atoms. The summed E-state index contributed by atoms with van der Waals surface area (Å²) >= 11 is 6.21. The van der Waals surface area contributed by atoms with Gasteiger partial charge in [-0.25, -0.2) is 0 Å². The van der Waals surface area contributed by atoms with Crippen molar-refractivity contribution >= 4 is 11.6 Å². The number of hydrogen-bond donors (Lipinski definition) is 1. The minimum atomic E-state index is 0.563. The fourth-order valence-electron chi connectivity index (χ4n) is 1.59. The van der Waals surface area contributed by atoms with E-state index in [0.29, 0.717) is 29.7 Å². The molecule has 1 aromatic carbocycles. The van der Waals surface area contributed by atoms with Crippen molar-refractivity contribution in [3.8, 4) is 11.5 Å². The van der Waals surface area contributed by atoms with Crippen LogP contribution in [0.3, 0.4) is 0 Å². The molecule has 0 aliphatic carbocycles. The van der Waals surface area contributed by atoms with E-state index in [2.05, 4.69) is 11.9 Å². The van der Waals surface area contributed by atoms with E-state index in [1.54, 1.807) is 0 Å². The number of hydrogen-bond acceptors (Lipinski definition) is 3. The highest BCUT2D eigenvalue weighted by atomic mass is 35.5. The lowest BCUT2D eigenvalue weighted by atomic mass is 10.2. The topological polar surface area (TPSA) is 30.5 Å². The van der Waals surface area contributed by atoms with Crippen LogP contribution in [-0.2, 0) is 6.54 Å². The Kier molecular flexibility index (Phi) is 6.61. The molecule has 0 aromatic heterocycles. The summed E-state index contributed by atoms with van der Waals surface area (Å²) in [6, 6.07) is 3.85. The number of halogens is 1. The molecule has 0 saturated heterocycles. The van der Waals surface area contributed by atoms with Crippen molar-refractivity contribution in [1.82, 2.24) is 5.32 Å². The van der Waals surface area contributed by atoms with E-state index in [4.69, 9.17) is 21.1 Å².